The van der Waals surface area contributed by atoms with Crippen molar-refractivity contribution in [2.75, 3.05) is 0 Å². The predicted molar refractivity (Wildman–Crippen MR) is 130 cm³/mol. The highest BCUT2D eigenvalue weighted by molar-refractivity contribution is 5.10. The van der Waals surface area contributed by atoms with E-state index in [1.807, 2.05) is 0 Å². The van der Waals surface area contributed by atoms with Gasteiger partial charge in [0, 0.05) is 0 Å². The van der Waals surface area contributed by atoms with Gasteiger partial charge in [-0.25, -0.2) is 0 Å². The summed E-state index contributed by atoms with van der Waals surface area (Å²) in [4.78, 5) is 0. The minimum absolute atomic E-state index is 0.133. The van der Waals surface area contributed by atoms with Gasteiger partial charge in [-0.1, -0.05) is 41.5 Å². The Balaban J connectivity index is 1.46. The summed E-state index contributed by atoms with van der Waals surface area (Å²) in [6.07, 6.45) is 14.8. The molecule has 0 aliphatic heterocycles. The first kappa shape index (κ1) is 24.1. The van der Waals surface area contributed by atoms with Crippen LogP contribution in [0.5, 0.6) is 0 Å². The highest BCUT2D eigenvalue weighted by atomic mass is 16.3. The van der Waals surface area contributed by atoms with Crippen molar-refractivity contribution in [1.29, 1.82) is 0 Å². The largest absolute Gasteiger partial charge is 0.393 e. The molecule has 31 heavy (non-hydrogen) atoms. The van der Waals surface area contributed by atoms with Crippen molar-refractivity contribution in [1.82, 2.24) is 0 Å². The average Bonchev–Trinajstić information content (AvgIpc) is 3.09. The lowest BCUT2D eigenvalue weighted by atomic mass is 9.43. The molecule has 0 spiro atoms. The highest BCUT2D eigenvalue weighted by Crippen LogP contribution is 2.69. The molecule has 2 heteroatoms. The van der Waals surface area contributed by atoms with Crippen LogP contribution < -0.4 is 0 Å². The number of rotatable bonds is 6. The van der Waals surface area contributed by atoms with Crippen LogP contribution in [0, 0.1) is 52.3 Å². The van der Waals surface area contributed by atoms with Gasteiger partial charge in [-0.05, 0) is 129 Å². The molecule has 0 aromatic rings. The van der Waals surface area contributed by atoms with Crippen LogP contribution in [0.25, 0.3) is 0 Å². The van der Waals surface area contributed by atoms with E-state index in [0.717, 1.165) is 61.2 Å². The Morgan fingerprint density at radius 1 is 0.839 bits per heavy atom. The van der Waals surface area contributed by atoms with Crippen LogP contribution in [0.3, 0.4) is 0 Å². The lowest BCUT2D eigenvalue weighted by molar-refractivity contribution is -0.152. The van der Waals surface area contributed by atoms with Crippen molar-refractivity contribution < 1.29 is 10.2 Å². The molecule has 10 atom stereocenters. The van der Waals surface area contributed by atoms with Gasteiger partial charge in [-0.3, -0.25) is 0 Å². The zero-order valence-electron chi connectivity index (χ0n) is 21.5. The zero-order valence-corrected chi connectivity index (χ0v) is 21.5. The summed E-state index contributed by atoms with van der Waals surface area (Å²) in [7, 11) is 0. The monoisotopic (exact) mass is 432 g/mol. The fourth-order valence-corrected chi connectivity index (χ4v) is 9.59. The van der Waals surface area contributed by atoms with Gasteiger partial charge in [0.05, 0.1) is 11.7 Å². The Labute approximate surface area is 193 Å². The second-order valence-electron chi connectivity index (χ2n) is 13.5. The Morgan fingerprint density at radius 3 is 2.23 bits per heavy atom. The molecule has 4 rings (SSSR count). The van der Waals surface area contributed by atoms with E-state index in [1.54, 1.807) is 0 Å². The second-order valence-corrected chi connectivity index (χ2v) is 13.5. The van der Waals surface area contributed by atoms with Crippen molar-refractivity contribution in [3.8, 4) is 0 Å². The summed E-state index contributed by atoms with van der Waals surface area (Å²) in [5, 5.41) is 21.4. The molecular weight excluding hydrogens is 380 g/mol. The smallest absolute Gasteiger partial charge is 0.0648 e. The summed E-state index contributed by atoms with van der Waals surface area (Å²) >= 11 is 0. The highest BCUT2D eigenvalue weighted by Gasteiger charge is 2.61. The molecule has 0 bridgehead atoms. The van der Waals surface area contributed by atoms with E-state index in [-0.39, 0.29) is 11.7 Å². The maximum Gasteiger partial charge on any atom is 0.0648 e. The van der Waals surface area contributed by atoms with Crippen LogP contribution >= 0.6 is 0 Å². The summed E-state index contributed by atoms with van der Waals surface area (Å²) < 4.78 is 0. The van der Waals surface area contributed by atoms with Gasteiger partial charge in [0.2, 0.25) is 0 Å². The van der Waals surface area contributed by atoms with Crippen LogP contribution in [-0.4, -0.2) is 21.9 Å². The number of hydrogen-bond acceptors (Lipinski definition) is 2. The molecule has 4 saturated carbocycles. The SMILES string of the molecule is CC[C@]1(O)CC[C@@]2(C)[C@@H](CC[C@@H]3[C@@H]2CC[C@]2(C)C([C@H](C)CC[C@@H](O)C(C)C)CC[C@@H]32)C1. The maximum atomic E-state index is 11.0. The first-order valence-electron chi connectivity index (χ1n) is 13.9. The van der Waals surface area contributed by atoms with Crippen molar-refractivity contribution in [3.05, 3.63) is 0 Å². The number of aliphatic hydroxyl groups excluding tert-OH is 1. The number of fused-ring (bicyclic) bond motifs is 5. The molecule has 2 nitrogen and oxygen atoms in total. The van der Waals surface area contributed by atoms with Crippen LogP contribution in [0.1, 0.15) is 119 Å². The molecular formula is C29H52O2. The van der Waals surface area contributed by atoms with Crippen LogP contribution in [0.15, 0.2) is 0 Å². The third-order valence-electron chi connectivity index (χ3n) is 11.9. The second kappa shape index (κ2) is 8.61. The summed E-state index contributed by atoms with van der Waals surface area (Å²) in [6.45, 7) is 14.2. The third kappa shape index (κ3) is 4.05. The first-order chi connectivity index (χ1) is 14.5. The average molecular weight is 433 g/mol. The van der Waals surface area contributed by atoms with E-state index in [4.69, 9.17) is 0 Å². The van der Waals surface area contributed by atoms with Crippen molar-refractivity contribution in [3.63, 3.8) is 0 Å². The molecule has 180 valence electrons. The third-order valence-corrected chi connectivity index (χ3v) is 11.9. The van der Waals surface area contributed by atoms with Gasteiger partial charge in [-0.15, -0.1) is 0 Å². The van der Waals surface area contributed by atoms with E-state index in [9.17, 15) is 10.2 Å². The van der Waals surface area contributed by atoms with Gasteiger partial charge in [-0.2, -0.15) is 0 Å². The summed E-state index contributed by atoms with van der Waals surface area (Å²) in [6, 6.07) is 0. The lowest BCUT2D eigenvalue weighted by Gasteiger charge is -2.62. The summed E-state index contributed by atoms with van der Waals surface area (Å²) in [5.74, 6) is 5.44. The van der Waals surface area contributed by atoms with Gasteiger partial charge >= 0.3 is 0 Å². The molecule has 0 amide bonds. The lowest BCUT2D eigenvalue weighted by Crippen LogP contribution is -2.56. The Kier molecular flexibility index (Phi) is 6.68. The fourth-order valence-electron chi connectivity index (χ4n) is 9.59. The minimum atomic E-state index is -0.380. The standard InChI is InChI=1S/C29H52O2/c1-7-29(31)17-16-27(5)21(18-29)9-10-22-24-12-11-23(28(24,6)15-14-25(22)27)20(4)8-13-26(30)19(2)3/h19-26,30-31H,7-18H2,1-6H3/t20-,21+,22+,23?,24+,25+,26-,27+,28-,29+/m1/s1. The topological polar surface area (TPSA) is 40.5 Å². The number of aliphatic hydroxyl groups is 2. The molecule has 4 fully saturated rings. The molecule has 0 heterocycles. The molecule has 0 aromatic carbocycles. The van der Waals surface area contributed by atoms with E-state index in [0.29, 0.717) is 16.7 Å². The normalized spacial score (nSPS) is 49.3. The van der Waals surface area contributed by atoms with Gasteiger partial charge in [0.15, 0.2) is 0 Å². The molecule has 2 N–H and O–H groups in total. The van der Waals surface area contributed by atoms with Crippen LogP contribution in [0.2, 0.25) is 0 Å². The molecule has 1 unspecified atom stereocenters. The minimum Gasteiger partial charge on any atom is -0.393 e. The molecule has 4 aliphatic rings. The van der Waals surface area contributed by atoms with Gasteiger partial charge < -0.3 is 10.2 Å². The molecule has 0 saturated heterocycles. The van der Waals surface area contributed by atoms with Crippen LogP contribution in [0.4, 0.5) is 0 Å². The zero-order chi connectivity index (χ0) is 22.6. The van der Waals surface area contributed by atoms with E-state index in [2.05, 4.69) is 41.5 Å². The molecule has 4 aliphatic carbocycles. The van der Waals surface area contributed by atoms with Crippen molar-refractivity contribution >= 4 is 0 Å². The predicted octanol–water partition coefficient (Wildman–Crippen LogP) is 7.22. The maximum absolute atomic E-state index is 11.0. The van der Waals surface area contributed by atoms with E-state index < -0.39 is 0 Å². The van der Waals surface area contributed by atoms with Gasteiger partial charge in [0.1, 0.15) is 0 Å². The quantitative estimate of drug-likeness (QED) is 0.465. The van der Waals surface area contributed by atoms with Crippen molar-refractivity contribution in [2.45, 2.75) is 130 Å². The Morgan fingerprint density at radius 2 is 1.55 bits per heavy atom. The molecule has 0 radical (unpaired) electrons. The first-order valence-corrected chi connectivity index (χ1v) is 13.9. The summed E-state index contributed by atoms with van der Waals surface area (Å²) in [5.41, 5.74) is 0.608. The van der Waals surface area contributed by atoms with Crippen molar-refractivity contribution in [2.24, 2.45) is 52.3 Å². The Hall–Kier alpha value is -0.0800. The Bertz CT molecular complexity index is 630. The fraction of sp³-hybridized carbons (Fsp3) is 1.00. The van der Waals surface area contributed by atoms with Crippen LogP contribution in [-0.2, 0) is 0 Å². The molecule has 0 aromatic heterocycles. The number of hydrogen-bond donors (Lipinski definition) is 2. The van der Waals surface area contributed by atoms with E-state index >= 15 is 0 Å². The van der Waals surface area contributed by atoms with E-state index in [1.165, 1.54) is 51.4 Å². The van der Waals surface area contributed by atoms with Gasteiger partial charge in [0.25, 0.3) is 0 Å².